The highest BCUT2D eigenvalue weighted by Crippen LogP contribution is 2.28. The van der Waals surface area contributed by atoms with Crippen LogP contribution in [-0.2, 0) is 25.9 Å². The van der Waals surface area contributed by atoms with Gasteiger partial charge in [0.05, 0.1) is 30.8 Å². The fraction of sp³-hybridized carbons (Fsp3) is 0.176. The Bertz CT molecular complexity index is 1850. The zero-order valence-electron chi connectivity index (χ0n) is 26.1. The average Bonchev–Trinajstić information content (AvgIpc) is 3.07. The van der Waals surface area contributed by atoms with Crippen LogP contribution in [0, 0.1) is 5.41 Å². The third-order valence-electron chi connectivity index (χ3n) is 6.76. The molecule has 0 atom stereocenters. The molecule has 4 aromatic rings. The van der Waals surface area contributed by atoms with Crippen LogP contribution in [0.2, 0.25) is 0 Å². The smallest absolute Gasteiger partial charge is 0.425 e. The van der Waals surface area contributed by atoms with Crippen LogP contribution in [-0.4, -0.2) is 62.4 Å². The van der Waals surface area contributed by atoms with Crippen molar-refractivity contribution in [1.29, 1.82) is 5.41 Å². The van der Waals surface area contributed by atoms with Crippen molar-refractivity contribution in [2.24, 2.45) is 0 Å². The van der Waals surface area contributed by atoms with E-state index in [1.807, 2.05) is 30.3 Å². The minimum atomic E-state index is -3.46. The molecule has 4 amide bonds. The van der Waals surface area contributed by atoms with E-state index in [0.29, 0.717) is 33.8 Å². The summed E-state index contributed by atoms with van der Waals surface area (Å²) in [5.41, 5.74) is 6.13. The molecule has 13 heteroatoms. The van der Waals surface area contributed by atoms with E-state index in [4.69, 9.17) is 14.9 Å². The number of methoxy groups -OCH3 is 1. The molecule has 3 N–H and O–H groups in total. The van der Waals surface area contributed by atoms with Gasteiger partial charge in [-0.15, -0.1) is 0 Å². The van der Waals surface area contributed by atoms with Crippen LogP contribution in [0.15, 0.2) is 108 Å². The number of rotatable bonds is 10. The number of benzene rings is 4. The quantitative estimate of drug-likeness (QED) is 0.0959. The van der Waals surface area contributed by atoms with Gasteiger partial charge in [-0.25, -0.2) is 27.8 Å². The zero-order chi connectivity index (χ0) is 34.0. The Kier molecular flexibility index (Phi) is 11.3. The van der Waals surface area contributed by atoms with Gasteiger partial charge in [-0.05, 0) is 47.9 Å². The molecule has 0 aliphatic rings. The molecule has 0 bridgehead atoms. The average molecular weight is 658 g/mol. The van der Waals surface area contributed by atoms with Crippen molar-refractivity contribution in [3.05, 3.63) is 114 Å². The van der Waals surface area contributed by atoms with Gasteiger partial charge in [-0.2, -0.15) is 4.90 Å². The minimum absolute atomic E-state index is 0.0570. The molecule has 0 unspecified atom stereocenters. The molecule has 12 nitrogen and oxygen atoms in total. The Labute approximate surface area is 273 Å². The number of anilines is 2. The lowest BCUT2D eigenvalue weighted by Gasteiger charge is -2.26. The summed E-state index contributed by atoms with van der Waals surface area (Å²) in [7, 11) is -2.36. The first-order chi connectivity index (χ1) is 22.5. The van der Waals surface area contributed by atoms with E-state index in [0.717, 1.165) is 18.9 Å². The Morgan fingerprint density at radius 2 is 1.51 bits per heavy atom. The van der Waals surface area contributed by atoms with Crippen molar-refractivity contribution < 1.29 is 32.3 Å². The highest BCUT2D eigenvalue weighted by atomic mass is 32.2. The molecule has 0 saturated carbocycles. The van der Waals surface area contributed by atoms with Gasteiger partial charge >= 0.3 is 18.2 Å². The van der Waals surface area contributed by atoms with Gasteiger partial charge in [-0.3, -0.25) is 10.8 Å². The van der Waals surface area contributed by atoms with E-state index in [1.165, 1.54) is 17.1 Å². The van der Waals surface area contributed by atoms with Crippen LogP contribution in [0.25, 0.3) is 11.1 Å². The van der Waals surface area contributed by atoms with E-state index in [1.54, 1.807) is 67.6 Å². The molecule has 47 heavy (non-hydrogen) atoms. The molecule has 4 aromatic carbocycles. The lowest BCUT2D eigenvalue weighted by molar-refractivity contribution is 0.106. The Morgan fingerprint density at radius 3 is 2.17 bits per heavy atom. The number of amides is 4. The van der Waals surface area contributed by atoms with Crippen LogP contribution in [0.3, 0.4) is 0 Å². The van der Waals surface area contributed by atoms with Crippen LogP contribution < -0.4 is 10.7 Å². The molecule has 0 aliphatic carbocycles. The molecule has 0 saturated heterocycles. The summed E-state index contributed by atoms with van der Waals surface area (Å²) in [6.07, 6.45) is -0.443. The van der Waals surface area contributed by atoms with E-state index in [9.17, 15) is 22.8 Å². The van der Waals surface area contributed by atoms with E-state index in [-0.39, 0.29) is 23.6 Å². The van der Waals surface area contributed by atoms with E-state index >= 15 is 0 Å². The maximum Gasteiger partial charge on any atom is 0.425 e. The first-order valence-corrected chi connectivity index (χ1v) is 16.4. The number of nitrogens with one attached hydrogen (secondary N) is 3. The van der Waals surface area contributed by atoms with Crippen molar-refractivity contribution in [3.63, 3.8) is 0 Å². The van der Waals surface area contributed by atoms with Gasteiger partial charge in [0, 0.05) is 23.1 Å². The number of ether oxygens (including phenoxy) is 2. The van der Waals surface area contributed by atoms with Crippen LogP contribution in [0.4, 0.5) is 25.8 Å². The minimum Gasteiger partial charge on any atom is -0.452 e. The third kappa shape index (κ3) is 8.95. The largest absolute Gasteiger partial charge is 0.452 e. The normalized spacial score (nSPS) is 10.8. The number of nitrogens with zero attached hydrogens (tertiary/aromatic N) is 2. The molecule has 0 radical (unpaired) electrons. The molecule has 4 rings (SSSR count). The van der Waals surface area contributed by atoms with Gasteiger partial charge in [0.1, 0.15) is 5.84 Å². The SMILES string of the molecule is CCCOC(=O)N(C(=N)c1cccc(NN(Cc2ccccc2)C(=O)Nc2ccc(-c3ccccc3S(C)(=O)=O)cc2)c1)C(=O)OC. The predicted octanol–water partition coefficient (Wildman–Crippen LogP) is 6.76. The second-order valence-corrected chi connectivity index (χ2v) is 12.3. The van der Waals surface area contributed by atoms with Gasteiger partial charge in [0.25, 0.3) is 0 Å². The monoisotopic (exact) mass is 657 g/mol. The molecular weight excluding hydrogens is 622 g/mol. The predicted molar refractivity (Wildman–Crippen MR) is 179 cm³/mol. The Balaban J connectivity index is 1.57. The zero-order valence-corrected chi connectivity index (χ0v) is 26.9. The summed E-state index contributed by atoms with van der Waals surface area (Å²) < 4.78 is 34.3. The number of sulfone groups is 1. The summed E-state index contributed by atoms with van der Waals surface area (Å²) in [6, 6.07) is 28.5. The van der Waals surface area contributed by atoms with Crippen LogP contribution in [0.1, 0.15) is 24.5 Å². The summed E-state index contributed by atoms with van der Waals surface area (Å²) in [5.74, 6) is -0.474. The third-order valence-corrected chi connectivity index (χ3v) is 7.91. The number of carbonyl (C=O) groups is 3. The molecule has 0 aromatic heterocycles. The fourth-order valence-electron chi connectivity index (χ4n) is 4.50. The Hall–Kier alpha value is -5.69. The summed E-state index contributed by atoms with van der Waals surface area (Å²) in [5, 5.41) is 12.8. The van der Waals surface area contributed by atoms with Gasteiger partial charge in [0.15, 0.2) is 9.84 Å². The molecule has 0 aliphatic heterocycles. The topological polar surface area (TPSA) is 158 Å². The first-order valence-electron chi connectivity index (χ1n) is 14.5. The van der Waals surface area contributed by atoms with Crippen LogP contribution >= 0.6 is 0 Å². The standard InChI is InChI=1S/C34H35N5O7S/c1-4-21-46-34(42)39(33(41)45-2)31(35)26-13-10-14-28(22-26)37-38(23-24-11-6-5-7-12-24)32(40)36-27-19-17-25(18-20-27)29-15-8-9-16-30(29)47(3,43)44/h5-20,22,35,37H,4,21,23H2,1-3H3,(H,36,40). The maximum atomic E-state index is 13.6. The molecule has 0 heterocycles. The highest BCUT2D eigenvalue weighted by molar-refractivity contribution is 7.90. The number of urea groups is 1. The van der Waals surface area contributed by atoms with E-state index in [2.05, 4.69) is 10.7 Å². The lowest BCUT2D eigenvalue weighted by Crippen LogP contribution is -2.42. The van der Waals surface area contributed by atoms with Crippen molar-refractivity contribution >= 4 is 45.3 Å². The highest BCUT2D eigenvalue weighted by Gasteiger charge is 2.29. The lowest BCUT2D eigenvalue weighted by atomic mass is 10.1. The van der Waals surface area contributed by atoms with Gasteiger partial charge in [0.2, 0.25) is 0 Å². The second kappa shape index (κ2) is 15.5. The van der Waals surface area contributed by atoms with E-state index < -0.39 is 33.9 Å². The molecule has 0 fully saturated rings. The van der Waals surface area contributed by atoms with Crippen molar-refractivity contribution in [2.75, 3.05) is 30.7 Å². The maximum absolute atomic E-state index is 13.6. The van der Waals surface area contributed by atoms with Gasteiger partial charge < -0.3 is 14.8 Å². The van der Waals surface area contributed by atoms with Crippen molar-refractivity contribution in [3.8, 4) is 11.1 Å². The molecule has 244 valence electrons. The van der Waals surface area contributed by atoms with Crippen molar-refractivity contribution in [2.45, 2.75) is 24.8 Å². The fourth-order valence-corrected chi connectivity index (χ4v) is 5.42. The number of hydrogen-bond donors (Lipinski definition) is 3. The summed E-state index contributed by atoms with van der Waals surface area (Å²) >= 11 is 0. The number of hydrazine groups is 1. The number of amidine groups is 1. The Morgan fingerprint density at radius 1 is 0.830 bits per heavy atom. The number of carbonyl (C=O) groups excluding carboxylic acids is 3. The summed E-state index contributed by atoms with van der Waals surface area (Å²) in [6.45, 7) is 2.00. The summed E-state index contributed by atoms with van der Waals surface area (Å²) in [4.78, 5) is 39.2. The number of imide groups is 1. The first kappa shape index (κ1) is 34.2. The van der Waals surface area contributed by atoms with Crippen LogP contribution in [0.5, 0.6) is 0 Å². The van der Waals surface area contributed by atoms with Crippen molar-refractivity contribution in [1.82, 2.24) is 9.91 Å². The number of hydrogen-bond acceptors (Lipinski definition) is 9. The molecule has 0 spiro atoms. The molecular formula is C34H35N5O7S. The second-order valence-electron chi connectivity index (χ2n) is 10.3. The van der Waals surface area contributed by atoms with Gasteiger partial charge in [-0.1, -0.05) is 79.7 Å².